The van der Waals surface area contributed by atoms with E-state index in [4.69, 9.17) is 5.11 Å². The van der Waals surface area contributed by atoms with E-state index in [1.54, 1.807) is 26.8 Å². The van der Waals surface area contributed by atoms with E-state index in [0.29, 0.717) is 0 Å². The van der Waals surface area contributed by atoms with Crippen molar-refractivity contribution in [3.63, 3.8) is 0 Å². The number of anilines is 1. The lowest BCUT2D eigenvalue weighted by molar-refractivity contribution is 0.0696. The molecule has 5 heteroatoms. The third kappa shape index (κ3) is 2.70. The van der Waals surface area contributed by atoms with Gasteiger partial charge in [0.15, 0.2) is 0 Å². The molecule has 0 spiro atoms. The van der Waals surface area contributed by atoms with Crippen molar-refractivity contribution >= 4 is 11.8 Å². The molecular weight excluding hydrogens is 208 g/mol. The van der Waals surface area contributed by atoms with Gasteiger partial charge >= 0.3 is 5.97 Å². The summed E-state index contributed by atoms with van der Waals surface area (Å²) in [5.41, 5.74) is -0.547. The van der Waals surface area contributed by atoms with Gasteiger partial charge in [0, 0.05) is 6.20 Å². The minimum absolute atomic E-state index is 0.0937. The van der Waals surface area contributed by atoms with Gasteiger partial charge in [-0.1, -0.05) is 0 Å². The molecule has 5 nitrogen and oxygen atoms in total. The first-order chi connectivity index (χ1) is 7.34. The van der Waals surface area contributed by atoms with Gasteiger partial charge in [0.25, 0.3) is 0 Å². The zero-order valence-electron chi connectivity index (χ0n) is 9.56. The van der Waals surface area contributed by atoms with Crippen LogP contribution < -0.4 is 5.32 Å². The lowest BCUT2D eigenvalue weighted by Gasteiger charge is -2.30. The number of rotatable bonds is 4. The maximum Gasteiger partial charge on any atom is 0.339 e. The van der Waals surface area contributed by atoms with Crippen LogP contribution >= 0.6 is 0 Å². The van der Waals surface area contributed by atoms with Crippen molar-refractivity contribution in [1.29, 1.82) is 0 Å². The summed E-state index contributed by atoms with van der Waals surface area (Å²) in [7, 11) is 0. The maximum absolute atomic E-state index is 10.9. The molecule has 1 aromatic heterocycles. The van der Waals surface area contributed by atoms with Gasteiger partial charge in [-0.25, -0.2) is 9.78 Å². The second-order valence-corrected chi connectivity index (χ2v) is 4.23. The van der Waals surface area contributed by atoms with E-state index in [2.05, 4.69) is 10.3 Å². The summed E-state index contributed by atoms with van der Waals surface area (Å²) in [5, 5.41) is 21.4. The molecule has 16 heavy (non-hydrogen) atoms. The van der Waals surface area contributed by atoms with Crippen LogP contribution in [0.15, 0.2) is 18.3 Å². The molecule has 0 radical (unpaired) electrons. The zero-order chi connectivity index (χ0) is 12.3. The summed E-state index contributed by atoms with van der Waals surface area (Å²) in [6.07, 6.45) is 0.878. The first-order valence-corrected chi connectivity index (χ1v) is 4.99. The molecule has 0 aliphatic rings. The number of carboxylic acids is 1. The number of carbonyl (C=O) groups is 1. The van der Waals surface area contributed by atoms with E-state index in [-0.39, 0.29) is 11.4 Å². The highest BCUT2D eigenvalue weighted by molar-refractivity contribution is 5.93. The van der Waals surface area contributed by atoms with Crippen LogP contribution in [0.3, 0.4) is 0 Å². The van der Waals surface area contributed by atoms with E-state index < -0.39 is 17.6 Å². The van der Waals surface area contributed by atoms with Crippen molar-refractivity contribution < 1.29 is 15.0 Å². The number of nitrogens with zero attached hydrogens (tertiary/aromatic N) is 1. The maximum atomic E-state index is 10.9. The van der Waals surface area contributed by atoms with Crippen molar-refractivity contribution in [3.8, 4) is 0 Å². The molecule has 0 aliphatic heterocycles. The van der Waals surface area contributed by atoms with E-state index in [9.17, 15) is 9.90 Å². The van der Waals surface area contributed by atoms with Crippen LogP contribution in [0, 0.1) is 0 Å². The average molecular weight is 224 g/mol. The number of aliphatic hydroxyl groups is 1. The molecule has 1 aromatic rings. The van der Waals surface area contributed by atoms with Crippen LogP contribution in [-0.2, 0) is 0 Å². The number of nitrogens with one attached hydrogen (secondary N) is 1. The van der Waals surface area contributed by atoms with Crippen molar-refractivity contribution in [1.82, 2.24) is 4.98 Å². The number of aromatic carboxylic acids is 1. The molecule has 3 N–H and O–H groups in total. The molecule has 0 aliphatic carbocycles. The predicted molar refractivity (Wildman–Crippen MR) is 60.6 cm³/mol. The summed E-state index contributed by atoms with van der Waals surface area (Å²) in [5.74, 6) is -0.780. The summed E-state index contributed by atoms with van der Waals surface area (Å²) in [6.45, 7) is 5.19. The molecule has 0 fully saturated rings. The van der Waals surface area contributed by atoms with Gasteiger partial charge in [-0.05, 0) is 32.9 Å². The van der Waals surface area contributed by atoms with Crippen LogP contribution in [0.25, 0.3) is 0 Å². The highest BCUT2D eigenvalue weighted by Gasteiger charge is 2.26. The van der Waals surface area contributed by atoms with Crippen LogP contribution in [0.2, 0.25) is 0 Å². The molecule has 0 bridgehead atoms. The molecule has 1 rings (SSSR count). The second kappa shape index (κ2) is 4.49. The fourth-order valence-electron chi connectivity index (χ4n) is 1.09. The highest BCUT2D eigenvalue weighted by atomic mass is 16.4. The molecular formula is C11H16N2O3. The van der Waals surface area contributed by atoms with Crippen molar-refractivity contribution in [2.24, 2.45) is 0 Å². The minimum Gasteiger partial charge on any atom is -0.478 e. The average Bonchev–Trinajstić information content (AvgIpc) is 2.17. The SMILES string of the molecule is CC(O)C(C)(C)Nc1ncccc1C(=O)O. The van der Waals surface area contributed by atoms with E-state index >= 15 is 0 Å². The van der Waals surface area contributed by atoms with Gasteiger partial charge in [0.2, 0.25) is 0 Å². The van der Waals surface area contributed by atoms with Crippen molar-refractivity contribution in [2.75, 3.05) is 5.32 Å². The normalized spacial score (nSPS) is 13.2. The van der Waals surface area contributed by atoms with E-state index in [0.717, 1.165) is 0 Å². The summed E-state index contributed by atoms with van der Waals surface area (Å²) in [4.78, 5) is 14.9. The minimum atomic E-state index is -1.04. The Bertz CT molecular complexity index is 389. The summed E-state index contributed by atoms with van der Waals surface area (Å²) in [6, 6.07) is 3.03. The Morgan fingerprint density at radius 1 is 1.56 bits per heavy atom. The van der Waals surface area contributed by atoms with Crippen LogP contribution in [0.1, 0.15) is 31.1 Å². The fourth-order valence-corrected chi connectivity index (χ4v) is 1.09. The van der Waals surface area contributed by atoms with E-state index in [1.807, 2.05) is 0 Å². The molecule has 1 atom stereocenters. The topological polar surface area (TPSA) is 82.5 Å². The van der Waals surface area contributed by atoms with Gasteiger partial charge in [-0.3, -0.25) is 0 Å². The first-order valence-electron chi connectivity index (χ1n) is 4.99. The number of aliphatic hydroxyl groups excluding tert-OH is 1. The van der Waals surface area contributed by atoms with Crippen molar-refractivity contribution in [2.45, 2.75) is 32.4 Å². The zero-order valence-corrected chi connectivity index (χ0v) is 9.56. The van der Waals surface area contributed by atoms with Gasteiger partial charge in [0.05, 0.1) is 11.6 Å². The smallest absolute Gasteiger partial charge is 0.339 e. The fraction of sp³-hybridized carbons (Fsp3) is 0.455. The Kier molecular flexibility index (Phi) is 3.49. The molecule has 0 amide bonds. The molecule has 1 unspecified atom stereocenters. The predicted octanol–water partition coefficient (Wildman–Crippen LogP) is 1.35. The molecule has 0 aromatic carbocycles. The third-order valence-corrected chi connectivity index (χ3v) is 2.52. The highest BCUT2D eigenvalue weighted by Crippen LogP contribution is 2.19. The Labute approximate surface area is 94.1 Å². The lowest BCUT2D eigenvalue weighted by atomic mass is 9.98. The number of hydrogen-bond donors (Lipinski definition) is 3. The summed E-state index contributed by atoms with van der Waals surface area (Å²) < 4.78 is 0. The quantitative estimate of drug-likeness (QED) is 0.719. The molecule has 1 heterocycles. The largest absolute Gasteiger partial charge is 0.478 e. The van der Waals surface area contributed by atoms with Gasteiger partial charge in [-0.15, -0.1) is 0 Å². The first kappa shape index (κ1) is 12.4. The number of hydrogen-bond acceptors (Lipinski definition) is 4. The molecule has 0 saturated carbocycles. The van der Waals surface area contributed by atoms with E-state index in [1.165, 1.54) is 12.3 Å². The molecule has 88 valence electrons. The standard InChI is InChI=1S/C11H16N2O3/c1-7(14)11(2,3)13-9-8(10(15)16)5-4-6-12-9/h4-7,14H,1-3H3,(H,12,13)(H,15,16). The second-order valence-electron chi connectivity index (χ2n) is 4.23. The van der Waals surface area contributed by atoms with Crippen LogP contribution in [0.4, 0.5) is 5.82 Å². The Morgan fingerprint density at radius 2 is 2.19 bits per heavy atom. The van der Waals surface area contributed by atoms with Crippen molar-refractivity contribution in [3.05, 3.63) is 23.9 Å². The van der Waals surface area contributed by atoms with Gasteiger partial charge in [-0.2, -0.15) is 0 Å². The Hall–Kier alpha value is -1.62. The van der Waals surface area contributed by atoms with Gasteiger partial charge < -0.3 is 15.5 Å². The monoisotopic (exact) mass is 224 g/mol. The Morgan fingerprint density at radius 3 is 2.69 bits per heavy atom. The number of aromatic nitrogens is 1. The van der Waals surface area contributed by atoms with Crippen LogP contribution in [-0.4, -0.2) is 32.8 Å². The van der Waals surface area contributed by atoms with Gasteiger partial charge in [0.1, 0.15) is 11.4 Å². The lowest BCUT2D eigenvalue weighted by Crippen LogP contribution is -2.42. The number of pyridine rings is 1. The van der Waals surface area contributed by atoms with Crippen LogP contribution in [0.5, 0.6) is 0 Å². The molecule has 0 saturated heterocycles. The number of carboxylic acid groups (broad SMARTS) is 1. The third-order valence-electron chi connectivity index (χ3n) is 2.52. The Balaban J connectivity index is 3.02. The summed E-state index contributed by atoms with van der Waals surface area (Å²) >= 11 is 0.